The van der Waals surface area contributed by atoms with Crippen LogP contribution >= 0.6 is 0 Å². The molecule has 2 saturated carbocycles. The molecule has 2 atom stereocenters. The van der Waals surface area contributed by atoms with Gasteiger partial charge in [0.1, 0.15) is 11.6 Å². The van der Waals surface area contributed by atoms with Crippen LogP contribution in [0.1, 0.15) is 50.5 Å². The Kier molecular flexibility index (Phi) is 6.12. The van der Waals surface area contributed by atoms with Crippen LogP contribution in [0.4, 0.5) is 8.78 Å². The standard InChI is InChI=1S/C20H29F2N3O/c1-3-23-19(24-13-20(8-5-9-20)10-11-26-2)25-17-12-14(17)18-15(21)6-4-7-16(18)22/h4,6-7,14,17H,3,5,8-13H2,1-2H3,(H2,23,24,25). The average Bonchev–Trinajstić information content (AvgIpc) is 3.32. The van der Waals surface area contributed by atoms with Crippen LogP contribution in [0.5, 0.6) is 0 Å². The van der Waals surface area contributed by atoms with Gasteiger partial charge < -0.3 is 15.4 Å². The minimum absolute atomic E-state index is 0.0236. The summed E-state index contributed by atoms with van der Waals surface area (Å²) in [7, 11) is 1.73. The molecule has 0 amide bonds. The number of halogens is 2. The molecule has 2 aliphatic rings. The molecule has 2 aliphatic carbocycles. The van der Waals surface area contributed by atoms with Gasteiger partial charge in [-0.25, -0.2) is 8.78 Å². The summed E-state index contributed by atoms with van der Waals surface area (Å²) in [5, 5.41) is 6.60. The van der Waals surface area contributed by atoms with E-state index in [-0.39, 0.29) is 22.9 Å². The molecule has 26 heavy (non-hydrogen) atoms. The first-order valence-electron chi connectivity index (χ1n) is 9.56. The third-order valence-corrected chi connectivity index (χ3v) is 5.65. The molecular formula is C20H29F2N3O. The van der Waals surface area contributed by atoms with Crippen LogP contribution in [0.3, 0.4) is 0 Å². The maximum atomic E-state index is 14.0. The molecular weight excluding hydrogens is 336 g/mol. The Bertz CT molecular complexity index is 626. The number of hydrogen-bond acceptors (Lipinski definition) is 2. The topological polar surface area (TPSA) is 45.7 Å². The molecule has 1 aromatic rings. The van der Waals surface area contributed by atoms with Crippen molar-refractivity contribution in [1.82, 2.24) is 10.6 Å². The molecule has 1 aromatic carbocycles. The molecule has 2 fully saturated rings. The van der Waals surface area contributed by atoms with Gasteiger partial charge in [-0.1, -0.05) is 12.5 Å². The highest BCUT2D eigenvalue weighted by molar-refractivity contribution is 5.80. The van der Waals surface area contributed by atoms with Gasteiger partial charge >= 0.3 is 0 Å². The minimum atomic E-state index is -0.464. The van der Waals surface area contributed by atoms with Crippen LogP contribution in [0.15, 0.2) is 23.2 Å². The monoisotopic (exact) mass is 365 g/mol. The molecule has 3 rings (SSSR count). The molecule has 0 aliphatic heterocycles. The highest BCUT2D eigenvalue weighted by atomic mass is 19.1. The highest BCUT2D eigenvalue weighted by Crippen LogP contribution is 2.45. The summed E-state index contributed by atoms with van der Waals surface area (Å²) in [6.07, 6.45) is 5.37. The smallest absolute Gasteiger partial charge is 0.191 e. The number of nitrogens with zero attached hydrogens (tertiary/aromatic N) is 1. The number of guanidine groups is 1. The normalized spacial score (nSPS) is 24.1. The zero-order chi connectivity index (χ0) is 18.6. The summed E-state index contributed by atoms with van der Waals surface area (Å²) in [4.78, 5) is 4.77. The van der Waals surface area contributed by atoms with Crippen molar-refractivity contribution in [2.45, 2.75) is 51.0 Å². The molecule has 0 heterocycles. The molecule has 0 spiro atoms. The van der Waals surface area contributed by atoms with Crippen molar-refractivity contribution < 1.29 is 13.5 Å². The molecule has 0 saturated heterocycles. The van der Waals surface area contributed by atoms with Gasteiger partial charge in [-0.05, 0) is 50.2 Å². The SMILES string of the molecule is CCNC(=NCC1(CCOC)CCC1)NC1CC1c1c(F)cccc1F. The Hall–Kier alpha value is -1.69. The Morgan fingerprint density at radius 1 is 1.31 bits per heavy atom. The second-order valence-corrected chi connectivity index (χ2v) is 7.52. The van der Waals surface area contributed by atoms with Crippen molar-refractivity contribution in [3.05, 3.63) is 35.4 Å². The summed E-state index contributed by atoms with van der Waals surface area (Å²) in [6, 6.07) is 4.07. The highest BCUT2D eigenvalue weighted by Gasteiger charge is 2.42. The summed E-state index contributed by atoms with van der Waals surface area (Å²) in [5.41, 5.74) is 0.440. The van der Waals surface area contributed by atoms with Gasteiger partial charge in [-0.3, -0.25) is 4.99 Å². The zero-order valence-corrected chi connectivity index (χ0v) is 15.7. The lowest BCUT2D eigenvalue weighted by atomic mass is 9.67. The molecule has 144 valence electrons. The number of rotatable bonds is 8. The minimum Gasteiger partial charge on any atom is -0.385 e. The van der Waals surface area contributed by atoms with Crippen LogP contribution in [0, 0.1) is 17.0 Å². The molecule has 4 nitrogen and oxygen atoms in total. The largest absolute Gasteiger partial charge is 0.385 e. The number of aliphatic imine (C=N–C) groups is 1. The van der Waals surface area contributed by atoms with Crippen LogP contribution in [-0.2, 0) is 4.74 Å². The third-order valence-electron chi connectivity index (χ3n) is 5.65. The molecule has 0 radical (unpaired) electrons. The lowest BCUT2D eigenvalue weighted by Crippen LogP contribution is -2.41. The van der Waals surface area contributed by atoms with Crippen molar-refractivity contribution in [3.8, 4) is 0 Å². The van der Waals surface area contributed by atoms with Crippen molar-refractivity contribution in [2.75, 3.05) is 26.8 Å². The van der Waals surface area contributed by atoms with E-state index in [0.717, 1.165) is 38.5 Å². The van der Waals surface area contributed by atoms with Gasteiger partial charge in [0, 0.05) is 44.3 Å². The number of hydrogen-bond donors (Lipinski definition) is 2. The van der Waals surface area contributed by atoms with Gasteiger partial charge in [-0.2, -0.15) is 0 Å². The van der Waals surface area contributed by atoms with Crippen LogP contribution < -0.4 is 10.6 Å². The second-order valence-electron chi connectivity index (χ2n) is 7.52. The van der Waals surface area contributed by atoms with Gasteiger partial charge in [0.2, 0.25) is 0 Å². The number of ether oxygens (including phenoxy) is 1. The van der Waals surface area contributed by atoms with Gasteiger partial charge in [0.05, 0.1) is 0 Å². The molecule has 0 bridgehead atoms. The summed E-state index contributed by atoms with van der Waals surface area (Å²) in [5.74, 6) is -0.324. The van der Waals surface area contributed by atoms with Gasteiger partial charge in [0.15, 0.2) is 5.96 Å². The van der Waals surface area contributed by atoms with E-state index in [1.54, 1.807) is 7.11 Å². The van der Waals surface area contributed by atoms with E-state index >= 15 is 0 Å². The third kappa shape index (κ3) is 4.34. The van der Waals surface area contributed by atoms with E-state index in [1.165, 1.54) is 37.5 Å². The van der Waals surface area contributed by atoms with Crippen LogP contribution in [0.2, 0.25) is 0 Å². The summed E-state index contributed by atoms with van der Waals surface area (Å²) >= 11 is 0. The van der Waals surface area contributed by atoms with E-state index in [0.29, 0.717) is 0 Å². The van der Waals surface area contributed by atoms with Gasteiger partial charge in [0.25, 0.3) is 0 Å². The van der Waals surface area contributed by atoms with E-state index in [4.69, 9.17) is 9.73 Å². The predicted molar refractivity (Wildman–Crippen MR) is 99.4 cm³/mol. The van der Waals surface area contributed by atoms with E-state index in [1.807, 2.05) is 6.92 Å². The van der Waals surface area contributed by atoms with Crippen molar-refractivity contribution in [1.29, 1.82) is 0 Å². The molecule has 6 heteroatoms. The maximum absolute atomic E-state index is 14.0. The van der Waals surface area contributed by atoms with E-state index in [2.05, 4.69) is 10.6 Å². The first-order valence-corrected chi connectivity index (χ1v) is 9.56. The number of benzene rings is 1. The van der Waals surface area contributed by atoms with Crippen molar-refractivity contribution in [3.63, 3.8) is 0 Å². The zero-order valence-electron chi connectivity index (χ0n) is 15.7. The Morgan fingerprint density at radius 2 is 2.04 bits per heavy atom. The molecule has 2 unspecified atom stereocenters. The van der Waals surface area contributed by atoms with Crippen LogP contribution in [-0.4, -0.2) is 38.8 Å². The molecule has 0 aromatic heterocycles. The van der Waals surface area contributed by atoms with Gasteiger partial charge in [-0.15, -0.1) is 0 Å². The summed E-state index contributed by atoms with van der Waals surface area (Å²) in [6.45, 7) is 4.29. The Labute approximate surface area is 154 Å². The van der Waals surface area contributed by atoms with E-state index in [9.17, 15) is 8.78 Å². The Morgan fingerprint density at radius 3 is 2.62 bits per heavy atom. The Balaban J connectivity index is 1.61. The summed E-state index contributed by atoms with van der Waals surface area (Å²) < 4.78 is 33.1. The quantitative estimate of drug-likeness (QED) is 0.547. The van der Waals surface area contributed by atoms with Crippen molar-refractivity contribution in [2.24, 2.45) is 10.4 Å². The fourth-order valence-electron chi connectivity index (χ4n) is 3.76. The fraction of sp³-hybridized carbons (Fsp3) is 0.650. The predicted octanol–water partition coefficient (Wildman–Crippen LogP) is 3.58. The van der Waals surface area contributed by atoms with Crippen molar-refractivity contribution >= 4 is 5.96 Å². The number of methoxy groups -OCH3 is 1. The first kappa shape index (κ1) is 19.1. The fourth-order valence-corrected chi connectivity index (χ4v) is 3.76. The second kappa shape index (κ2) is 8.33. The molecule has 2 N–H and O–H groups in total. The average molecular weight is 365 g/mol. The first-order chi connectivity index (χ1) is 12.6. The van der Waals surface area contributed by atoms with Crippen LogP contribution in [0.25, 0.3) is 0 Å². The maximum Gasteiger partial charge on any atom is 0.191 e. The lowest BCUT2D eigenvalue weighted by Gasteiger charge is -2.40. The number of nitrogens with one attached hydrogen (secondary N) is 2. The van der Waals surface area contributed by atoms with E-state index < -0.39 is 11.6 Å². The lowest BCUT2D eigenvalue weighted by molar-refractivity contribution is 0.0778.